The largest absolute Gasteiger partial charge is 2.00 e. The molecule has 29 heavy (non-hydrogen) atoms. The number of nitrogens with zero attached hydrogens (tertiary/aromatic N) is 2. The normalized spacial score (nSPS) is 26.6. The smallest absolute Gasteiger partial charge is 0.861 e. The molecular formula is C18H26CaN4O6. The van der Waals surface area contributed by atoms with Crippen molar-refractivity contribution < 1.29 is 29.4 Å². The molecule has 0 aromatic heterocycles. The van der Waals surface area contributed by atoms with Crippen LogP contribution in [0.4, 0.5) is 9.59 Å². The number of amides is 6. The Balaban J connectivity index is 0.000000523. The van der Waals surface area contributed by atoms with Gasteiger partial charge in [-0.15, -0.1) is 0 Å². The number of imide groups is 2. The van der Waals surface area contributed by atoms with E-state index in [9.17, 15) is 29.4 Å². The minimum Gasteiger partial charge on any atom is -0.861 e. The minimum absolute atomic E-state index is 0. The zero-order valence-corrected chi connectivity index (χ0v) is 19.8. The summed E-state index contributed by atoms with van der Waals surface area (Å²) in [6.45, 7) is 10.6. The molecule has 0 saturated carbocycles. The summed E-state index contributed by atoms with van der Waals surface area (Å²) in [6, 6.07) is -1.71. The van der Waals surface area contributed by atoms with Crippen LogP contribution in [0.15, 0.2) is 9.98 Å². The maximum absolute atomic E-state index is 11.6. The molecule has 0 bridgehead atoms. The first-order valence-corrected chi connectivity index (χ1v) is 9.13. The van der Waals surface area contributed by atoms with Gasteiger partial charge in [-0.3, -0.25) is 20.2 Å². The van der Waals surface area contributed by atoms with Crippen molar-refractivity contribution in [3.8, 4) is 0 Å². The van der Waals surface area contributed by atoms with Crippen molar-refractivity contribution in [2.24, 2.45) is 32.7 Å². The fourth-order valence-electron chi connectivity index (χ4n) is 3.51. The summed E-state index contributed by atoms with van der Waals surface area (Å²) in [5.74, 6) is -2.64. The van der Waals surface area contributed by atoms with E-state index in [0.717, 1.165) is 0 Å². The van der Waals surface area contributed by atoms with Crippen molar-refractivity contribution in [3.63, 3.8) is 0 Å². The minimum atomic E-state index is -1.16. The molecule has 0 fully saturated rings. The number of rotatable bonds is 4. The van der Waals surface area contributed by atoms with Gasteiger partial charge in [-0.05, 0) is 36.5 Å². The van der Waals surface area contributed by atoms with Crippen molar-refractivity contribution in [3.05, 3.63) is 0 Å². The summed E-state index contributed by atoms with van der Waals surface area (Å²) >= 11 is 0. The molecule has 2 aliphatic heterocycles. The number of hydrogen-bond donors (Lipinski definition) is 2. The van der Waals surface area contributed by atoms with Crippen LogP contribution in [-0.2, 0) is 9.59 Å². The molecule has 0 radical (unpaired) electrons. The Labute approximate surface area is 199 Å². The molecule has 10 nitrogen and oxygen atoms in total. The van der Waals surface area contributed by atoms with Crippen LogP contribution in [-0.4, -0.2) is 73.4 Å². The third-order valence-electron chi connectivity index (χ3n) is 5.51. The van der Waals surface area contributed by atoms with E-state index < -0.39 is 46.5 Å². The predicted molar refractivity (Wildman–Crippen MR) is 103 cm³/mol. The maximum Gasteiger partial charge on any atom is 2.00 e. The molecule has 0 spiro atoms. The Bertz CT molecular complexity index is 687. The number of urea groups is 2. The third kappa shape index (κ3) is 4.97. The summed E-state index contributed by atoms with van der Waals surface area (Å²) in [4.78, 5) is 51.3. The van der Waals surface area contributed by atoms with Crippen LogP contribution in [0, 0.1) is 22.7 Å². The van der Waals surface area contributed by atoms with Gasteiger partial charge in [0.25, 0.3) is 0 Å². The molecule has 0 aliphatic carbocycles. The molecular weight excluding hydrogens is 408 g/mol. The number of nitrogens with one attached hydrogen (secondary N) is 2. The molecule has 11 heteroatoms. The van der Waals surface area contributed by atoms with Crippen LogP contribution in [0.2, 0.25) is 0 Å². The molecule has 0 aromatic carbocycles. The number of carbonyl (C=O) groups is 4. The number of aliphatic imine (C=N–C) groups is 2. The monoisotopic (exact) mass is 434 g/mol. The summed E-state index contributed by atoms with van der Waals surface area (Å²) < 4.78 is 0. The Hall–Kier alpha value is -1.52. The first-order valence-electron chi connectivity index (χ1n) is 9.13. The van der Waals surface area contributed by atoms with E-state index in [1.54, 1.807) is 41.5 Å². The molecule has 2 unspecified atom stereocenters. The SMILES string of the molecule is CCC1(C(C)C)C(=O)NC(=O)N=C1[O-].CCC1(C(C)C)C(=O)NC(=O)N=C1[O-].[Ca+2]. The van der Waals surface area contributed by atoms with E-state index >= 15 is 0 Å². The van der Waals surface area contributed by atoms with E-state index in [-0.39, 0.29) is 49.6 Å². The summed E-state index contributed by atoms with van der Waals surface area (Å²) in [5, 5.41) is 27.3. The van der Waals surface area contributed by atoms with Crippen LogP contribution in [0.5, 0.6) is 0 Å². The average Bonchev–Trinajstić information content (AvgIpc) is 2.54. The average molecular weight is 435 g/mol. The van der Waals surface area contributed by atoms with Crippen LogP contribution >= 0.6 is 0 Å². The second-order valence-corrected chi connectivity index (χ2v) is 7.31. The second-order valence-electron chi connectivity index (χ2n) is 7.31. The molecule has 6 amide bonds. The van der Waals surface area contributed by atoms with E-state index in [0.29, 0.717) is 12.8 Å². The maximum atomic E-state index is 11.6. The molecule has 2 heterocycles. The van der Waals surface area contributed by atoms with Gasteiger partial charge in [0.1, 0.15) is 0 Å². The third-order valence-corrected chi connectivity index (χ3v) is 5.51. The van der Waals surface area contributed by atoms with Gasteiger partial charge in [0.15, 0.2) is 0 Å². The van der Waals surface area contributed by atoms with Crippen molar-refractivity contribution >= 4 is 73.4 Å². The van der Waals surface area contributed by atoms with E-state index in [1.165, 1.54) is 0 Å². The summed E-state index contributed by atoms with van der Waals surface area (Å²) in [7, 11) is 0. The zero-order chi connectivity index (χ0) is 21.9. The van der Waals surface area contributed by atoms with Crippen molar-refractivity contribution in [1.82, 2.24) is 10.6 Å². The van der Waals surface area contributed by atoms with Gasteiger partial charge in [0, 0.05) is 0 Å². The topological polar surface area (TPSA) is 163 Å². The van der Waals surface area contributed by atoms with Gasteiger partial charge >= 0.3 is 49.8 Å². The van der Waals surface area contributed by atoms with Gasteiger partial charge < -0.3 is 10.2 Å². The zero-order valence-electron chi connectivity index (χ0n) is 17.6. The van der Waals surface area contributed by atoms with Crippen molar-refractivity contribution in [1.29, 1.82) is 0 Å². The van der Waals surface area contributed by atoms with Crippen LogP contribution in [0.1, 0.15) is 54.4 Å². The summed E-state index contributed by atoms with van der Waals surface area (Å²) in [6.07, 6.45) is 0.707. The van der Waals surface area contributed by atoms with E-state index in [2.05, 4.69) is 20.6 Å². The van der Waals surface area contributed by atoms with Gasteiger partial charge in [0.2, 0.25) is 11.8 Å². The van der Waals surface area contributed by atoms with Crippen LogP contribution < -0.4 is 20.8 Å². The predicted octanol–water partition coefficient (Wildman–Crippen LogP) is -0.286. The fraction of sp³-hybridized carbons (Fsp3) is 0.667. The standard InChI is InChI=1S/2C9H14N2O3.Ca/c2*1-4-9(5(2)3)6(12)10-8(14)11-7(9)13;/h2*5H,4H2,1-3H3,(H2,10,11,12,13,14);/q;;+2/p-2. The van der Waals surface area contributed by atoms with E-state index in [1.807, 2.05) is 0 Å². The first-order chi connectivity index (χ1) is 12.9. The Morgan fingerprint density at radius 3 is 1.21 bits per heavy atom. The second kappa shape index (κ2) is 10.5. The van der Waals surface area contributed by atoms with Crippen molar-refractivity contribution in [2.45, 2.75) is 54.4 Å². The molecule has 2 atom stereocenters. The van der Waals surface area contributed by atoms with Gasteiger partial charge in [-0.25, -0.2) is 19.6 Å². The fourth-order valence-corrected chi connectivity index (χ4v) is 3.51. The molecule has 156 valence electrons. The number of carbonyl (C=O) groups excluding carboxylic acids is 4. The van der Waals surface area contributed by atoms with Gasteiger partial charge in [0.05, 0.1) is 10.8 Å². The quantitative estimate of drug-likeness (QED) is 0.578. The Morgan fingerprint density at radius 2 is 1.03 bits per heavy atom. The van der Waals surface area contributed by atoms with Gasteiger partial charge in [-0.2, -0.15) is 0 Å². The molecule has 2 aliphatic rings. The van der Waals surface area contributed by atoms with Crippen molar-refractivity contribution in [2.75, 3.05) is 0 Å². The Morgan fingerprint density at radius 1 is 0.759 bits per heavy atom. The molecule has 2 rings (SSSR count). The van der Waals surface area contributed by atoms with E-state index in [4.69, 9.17) is 0 Å². The van der Waals surface area contributed by atoms with Crippen LogP contribution in [0.3, 0.4) is 0 Å². The summed E-state index contributed by atoms with van der Waals surface area (Å²) in [5.41, 5.74) is -2.32. The molecule has 0 aromatic rings. The molecule has 0 saturated heterocycles. The Kier molecular flexibility index (Phi) is 9.94. The first kappa shape index (κ1) is 27.5. The van der Waals surface area contributed by atoms with Crippen LogP contribution in [0.25, 0.3) is 0 Å². The number of hydrogen-bond acceptors (Lipinski definition) is 6. The van der Waals surface area contributed by atoms with Gasteiger partial charge in [-0.1, -0.05) is 41.5 Å². The molecule has 2 N–H and O–H groups in total.